The van der Waals surface area contributed by atoms with Crippen LogP contribution in [0.5, 0.6) is 5.75 Å². The van der Waals surface area contributed by atoms with Crippen LogP contribution in [0.3, 0.4) is 0 Å². The standard InChI is InChI=1S/C25H36F3NO2.C2H6/c1-5-8-10-12-20(4)17-29(19-24(30)25(26,27)28)18-21-13-11-15-23(16-21)31-22(7-3)14-9-6-2;1-2/h6-7,9,11,13-16,20,24,30H,2,5,8,10,12,17-19H2,1,3-4H3;1-2H3/b14-9-,22-7+;. The molecule has 188 valence electrons. The Balaban J connectivity index is 0.00000497. The lowest BCUT2D eigenvalue weighted by molar-refractivity contribution is -0.208. The lowest BCUT2D eigenvalue weighted by atomic mass is 10.0. The summed E-state index contributed by atoms with van der Waals surface area (Å²) >= 11 is 0. The van der Waals surface area contributed by atoms with Gasteiger partial charge in [-0.05, 0) is 49.1 Å². The van der Waals surface area contributed by atoms with E-state index in [2.05, 4.69) is 13.5 Å². The third-order valence-electron chi connectivity index (χ3n) is 4.90. The Morgan fingerprint density at radius 1 is 1.21 bits per heavy atom. The second kappa shape index (κ2) is 17.4. The van der Waals surface area contributed by atoms with Gasteiger partial charge in [0.15, 0.2) is 6.10 Å². The molecule has 2 unspecified atom stereocenters. The van der Waals surface area contributed by atoms with Crippen LogP contribution in [-0.4, -0.2) is 35.4 Å². The summed E-state index contributed by atoms with van der Waals surface area (Å²) in [4.78, 5) is 1.68. The number of hydrogen-bond donors (Lipinski definition) is 1. The van der Waals surface area contributed by atoms with Crippen molar-refractivity contribution in [2.75, 3.05) is 13.1 Å². The Labute approximate surface area is 198 Å². The normalized spacial score (nSPS) is 14.1. The van der Waals surface area contributed by atoms with Crippen LogP contribution in [0, 0.1) is 5.92 Å². The minimum atomic E-state index is -4.63. The van der Waals surface area contributed by atoms with E-state index in [4.69, 9.17) is 4.74 Å². The predicted octanol–water partition coefficient (Wildman–Crippen LogP) is 7.68. The summed E-state index contributed by atoms with van der Waals surface area (Å²) in [6.45, 7) is 14.0. The first-order valence-corrected chi connectivity index (χ1v) is 11.9. The van der Waals surface area contributed by atoms with Crippen molar-refractivity contribution < 1.29 is 23.0 Å². The summed E-state index contributed by atoms with van der Waals surface area (Å²) in [7, 11) is 0. The Morgan fingerprint density at radius 3 is 2.48 bits per heavy atom. The number of rotatable bonds is 14. The van der Waals surface area contributed by atoms with Gasteiger partial charge in [-0.1, -0.05) is 77.8 Å². The van der Waals surface area contributed by atoms with Crippen LogP contribution in [0.4, 0.5) is 13.2 Å². The minimum Gasteiger partial charge on any atom is -0.458 e. The number of aliphatic hydroxyl groups is 1. The molecule has 0 saturated heterocycles. The average molecular weight is 470 g/mol. The maximum Gasteiger partial charge on any atom is 0.415 e. The molecule has 2 atom stereocenters. The molecule has 0 aliphatic heterocycles. The van der Waals surface area contributed by atoms with Crippen molar-refractivity contribution in [2.45, 2.75) is 79.1 Å². The van der Waals surface area contributed by atoms with Gasteiger partial charge in [-0.3, -0.25) is 4.90 Å². The Kier molecular flexibility index (Phi) is 16.3. The number of halogens is 3. The monoisotopic (exact) mass is 469 g/mol. The molecular weight excluding hydrogens is 427 g/mol. The van der Waals surface area contributed by atoms with Gasteiger partial charge in [-0.15, -0.1) is 0 Å². The molecule has 0 saturated carbocycles. The molecule has 1 N–H and O–H groups in total. The fourth-order valence-electron chi connectivity index (χ4n) is 3.28. The van der Waals surface area contributed by atoms with Gasteiger partial charge in [0, 0.05) is 19.6 Å². The van der Waals surface area contributed by atoms with Crippen molar-refractivity contribution in [1.82, 2.24) is 4.90 Å². The van der Waals surface area contributed by atoms with Gasteiger partial charge < -0.3 is 9.84 Å². The molecule has 0 aliphatic rings. The van der Waals surface area contributed by atoms with Crippen LogP contribution < -0.4 is 4.74 Å². The largest absolute Gasteiger partial charge is 0.458 e. The van der Waals surface area contributed by atoms with E-state index >= 15 is 0 Å². The molecule has 0 radical (unpaired) electrons. The van der Waals surface area contributed by atoms with E-state index in [1.165, 1.54) is 0 Å². The molecule has 1 aromatic rings. The van der Waals surface area contributed by atoms with Crippen LogP contribution >= 0.6 is 0 Å². The van der Waals surface area contributed by atoms with Gasteiger partial charge in [0.05, 0.1) is 0 Å². The summed E-state index contributed by atoms with van der Waals surface area (Å²) in [6.07, 6.45) is 4.24. The van der Waals surface area contributed by atoms with Crippen molar-refractivity contribution in [3.05, 3.63) is 66.5 Å². The van der Waals surface area contributed by atoms with E-state index in [-0.39, 0.29) is 5.92 Å². The Bertz CT molecular complexity index is 714. The van der Waals surface area contributed by atoms with E-state index < -0.39 is 18.8 Å². The van der Waals surface area contributed by atoms with Crippen molar-refractivity contribution in [3.63, 3.8) is 0 Å². The van der Waals surface area contributed by atoms with E-state index in [1.807, 2.05) is 52.0 Å². The summed E-state index contributed by atoms with van der Waals surface area (Å²) in [5.41, 5.74) is 0.829. The van der Waals surface area contributed by atoms with E-state index in [0.29, 0.717) is 24.6 Å². The lowest BCUT2D eigenvalue weighted by Gasteiger charge is -2.29. The van der Waals surface area contributed by atoms with Crippen molar-refractivity contribution >= 4 is 0 Å². The van der Waals surface area contributed by atoms with E-state index in [0.717, 1.165) is 31.2 Å². The number of hydrogen-bond acceptors (Lipinski definition) is 3. The number of ether oxygens (including phenoxy) is 1. The molecule has 6 heteroatoms. The minimum absolute atomic E-state index is 0.241. The molecule has 0 aromatic heterocycles. The topological polar surface area (TPSA) is 32.7 Å². The van der Waals surface area contributed by atoms with Crippen LogP contribution in [0.2, 0.25) is 0 Å². The smallest absolute Gasteiger partial charge is 0.415 e. The summed E-state index contributed by atoms with van der Waals surface area (Å²) < 4.78 is 44.7. The van der Waals surface area contributed by atoms with Gasteiger partial charge in [0.2, 0.25) is 0 Å². The van der Waals surface area contributed by atoms with Crippen molar-refractivity contribution in [2.24, 2.45) is 5.92 Å². The molecule has 1 rings (SSSR count). The molecule has 0 amide bonds. The molecular formula is C27H42F3NO2. The number of allylic oxidation sites excluding steroid dienone is 4. The number of alkyl halides is 3. The first-order chi connectivity index (χ1) is 15.7. The van der Waals surface area contributed by atoms with E-state index in [9.17, 15) is 18.3 Å². The summed E-state index contributed by atoms with van der Waals surface area (Å²) in [5, 5.41) is 9.63. The maximum absolute atomic E-state index is 13.0. The first-order valence-electron chi connectivity index (χ1n) is 11.9. The lowest BCUT2D eigenvalue weighted by Crippen LogP contribution is -2.42. The SMILES string of the molecule is C=C/C=C\C(=C/C)Oc1cccc(CN(CC(C)CCCCC)CC(O)C(F)(F)F)c1.CC. The third-order valence-corrected chi connectivity index (χ3v) is 4.90. The highest BCUT2D eigenvalue weighted by atomic mass is 19.4. The fraction of sp³-hybridized carbons (Fsp3) is 0.556. The van der Waals surface area contributed by atoms with Crippen LogP contribution in [0.1, 0.15) is 65.9 Å². The van der Waals surface area contributed by atoms with Gasteiger partial charge >= 0.3 is 6.18 Å². The van der Waals surface area contributed by atoms with E-state index in [1.54, 1.807) is 29.2 Å². The van der Waals surface area contributed by atoms with Gasteiger partial charge in [-0.25, -0.2) is 0 Å². The van der Waals surface area contributed by atoms with Gasteiger partial charge in [0.25, 0.3) is 0 Å². The van der Waals surface area contributed by atoms with Crippen LogP contribution in [0.25, 0.3) is 0 Å². The average Bonchev–Trinajstić information content (AvgIpc) is 2.77. The Morgan fingerprint density at radius 2 is 1.91 bits per heavy atom. The molecule has 0 heterocycles. The molecule has 0 aliphatic carbocycles. The summed E-state index contributed by atoms with van der Waals surface area (Å²) in [6, 6.07) is 7.30. The zero-order valence-electron chi connectivity index (χ0n) is 20.9. The number of nitrogens with zero attached hydrogens (tertiary/aromatic N) is 1. The van der Waals surface area contributed by atoms with Crippen molar-refractivity contribution in [3.8, 4) is 5.75 Å². The predicted molar refractivity (Wildman–Crippen MR) is 132 cm³/mol. The zero-order chi connectivity index (χ0) is 25.3. The maximum atomic E-state index is 13.0. The van der Waals surface area contributed by atoms with Crippen LogP contribution in [-0.2, 0) is 6.54 Å². The molecule has 1 aromatic carbocycles. The number of aliphatic hydroxyl groups excluding tert-OH is 1. The molecule has 0 bridgehead atoms. The summed E-state index contributed by atoms with van der Waals surface area (Å²) in [5.74, 6) is 1.49. The molecule has 3 nitrogen and oxygen atoms in total. The fourth-order valence-corrected chi connectivity index (χ4v) is 3.28. The second-order valence-electron chi connectivity index (χ2n) is 7.89. The van der Waals surface area contributed by atoms with Crippen molar-refractivity contribution in [1.29, 1.82) is 0 Å². The first kappa shape index (κ1) is 30.9. The second-order valence-corrected chi connectivity index (χ2v) is 7.89. The zero-order valence-corrected chi connectivity index (χ0v) is 20.9. The quantitative estimate of drug-likeness (QED) is 0.172. The highest BCUT2D eigenvalue weighted by molar-refractivity contribution is 5.31. The third kappa shape index (κ3) is 14.0. The highest BCUT2D eigenvalue weighted by Crippen LogP contribution is 2.24. The van der Waals surface area contributed by atoms with Gasteiger partial charge in [0.1, 0.15) is 11.5 Å². The number of unbranched alkanes of at least 4 members (excludes halogenated alkanes) is 2. The van der Waals surface area contributed by atoms with Crippen LogP contribution in [0.15, 0.2) is 60.9 Å². The molecule has 33 heavy (non-hydrogen) atoms. The molecule has 0 spiro atoms. The highest BCUT2D eigenvalue weighted by Gasteiger charge is 2.39. The Hall–Kier alpha value is -2.05. The molecule has 0 fully saturated rings. The van der Waals surface area contributed by atoms with Gasteiger partial charge in [-0.2, -0.15) is 13.2 Å². The number of benzene rings is 1.